The van der Waals surface area contributed by atoms with Crippen molar-refractivity contribution >= 4 is 46.0 Å². The topological polar surface area (TPSA) is 141 Å². The number of rotatable bonds is 9. The molecule has 0 radical (unpaired) electrons. The molecule has 4 N–H and O–H groups in total. The molecular weight excluding hydrogens is 458 g/mol. The minimum atomic E-state index is -1.03. The molecule has 0 aliphatic heterocycles. The van der Waals surface area contributed by atoms with E-state index in [1.807, 2.05) is 32.9 Å². The van der Waals surface area contributed by atoms with E-state index in [1.165, 1.54) is 18.7 Å². The Morgan fingerprint density at radius 1 is 0.971 bits per heavy atom. The fraction of sp³-hybridized carbons (Fsp3) is 0.435. The Bertz CT molecular complexity index is 1040. The van der Waals surface area contributed by atoms with Crippen molar-refractivity contribution in [3.63, 3.8) is 0 Å². The summed E-state index contributed by atoms with van der Waals surface area (Å²) >= 11 is 1.09. The first-order valence-corrected chi connectivity index (χ1v) is 11.6. The first-order valence-electron chi connectivity index (χ1n) is 10.8. The van der Waals surface area contributed by atoms with Gasteiger partial charge in [0.25, 0.3) is 5.91 Å². The van der Waals surface area contributed by atoms with Gasteiger partial charge in [0, 0.05) is 38.2 Å². The fourth-order valence-corrected chi connectivity index (χ4v) is 4.23. The Hall–Kier alpha value is -3.47. The standard InChI is InChI=1S/C23H31N5O5S/c1-14(29)24-12-13-25-20(31)19-18(27-21(34-19)26-15(2)30)11-8-16-6-9-17(10-7-16)28(22(32)33)23(3,4)5/h6-7,9-10H,8,11-13H2,1-5H3,(H,24,29)(H,25,31)(H,32,33)(H,26,27,30). The number of nitrogens with zero attached hydrogens (tertiary/aromatic N) is 2. The lowest BCUT2D eigenvalue weighted by atomic mass is 10.0. The third-order valence-corrected chi connectivity index (χ3v) is 5.69. The Labute approximate surface area is 202 Å². The second-order valence-corrected chi connectivity index (χ2v) is 9.67. The van der Waals surface area contributed by atoms with Gasteiger partial charge in [-0.15, -0.1) is 0 Å². The number of aromatic nitrogens is 1. The van der Waals surface area contributed by atoms with Crippen LogP contribution in [-0.4, -0.2) is 52.5 Å². The number of aryl methyl sites for hydroxylation is 2. The summed E-state index contributed by atoms with van der Waals surface area (Å²) in [5, 5.41) is 17.9. The molecule has 10 nitrogen and oxygen atoms in total. The van der Waals surface area contributed by atoms with Gasteiger partial charge < -0.3 is 21.1 Å². The summed E-state index contributed by atoms with van der Waals surface area (Å²) in [5.41, 5.74) is 1.49. The van der Waals surface area contributed by atoms with Gasteiger partial charge in [0.1, 0.15) is 4.88 Å². The van der Waals surface area contributed by atoms with E-state index >= 15 is 0 Å². The summed E-state index contributed by atoms with van der Waals surface area (Å²) < 4.78 is 0. The molecule has 1 heterocycles. The third kappa shape index (κ3) is 7.84. The molecule has 0 spiro atoms. The largest absolute Gasteiger partial charge is 0.465 e. The summed E-state index contributed by atoms with van der Waals surface area (Å²) in [7, 11) is 0. The van der Waals surface area contributed by atoms with Crippen molar-refractivity contribution in [2.45, 2.75) is 53.0 Å². The molecule has 0 aliphatic carbocycles. The maximum atomic E-state index is 12.7. The highest BCUT2D eigenvalue weighted by molar-refractivity contribution is 7.17. The smallest absolute Gasteiger partial charge is 0.412 e. The maximum absolute atomic E-state index is 12.7. The van der Waals surface area contributed by atoms with Crippen molar-refractivity contribution < 1.29 is 24.3 Å². The molecule has 0 aliphatic rings. The summed E-state index contributed by atoms with van der Waals surface area (Å²) in [6, 6.07) is 7.22. The zero-order valence-electron chi connectivity index (χ0n) is 20.0. The van der Waals surface area contributed by atoms with Crippen molar-refractivity contribution in [2.24, 2.45) is 0 Å². The number of nitrogens with one attached hydrogen (secondary N) is 3. The molecule has 2 aromatic rings. The summed E-state index contributed by atoms with van der Waals surface area (Å²) in [6.45, 7) is 8.82. The Balaban J connectivity index is 2.13. The van der Waals surface area contributed by atoms with Crippen LogP contribution in [0.1, 0.15) is 55.5 Å². The number of carbonyl (C=O) groups is 4. The van der Waals surface area contributed by atoms with Gasteiger partial charge in [-0.05, 0) is 51.3 Å². The van der Waals surface area contributed by atoms with E-state index in [0.717, 1.165) is 16.9 Å². The molecule has 0 bridgehead atoms. The molecule has 0 atom stereocenters. The van der Waals surface area contributed by atoms with Crippen molar-refractivity contribution in [1.29, 1.82) is 0 Å². The van der Waals surface area contributed by atoms with Crippen LogP contribution in [0.3, 0.4) is 0 Å². The quantitative estimate of drug-likeness (QED) is 0.399. The molecule has 1 aromatic heterocycles. The molecule has 1 aromatic carbocycles. The highest BCUT2D eigenvalue weighted by Gasteiger charge is 2.27. The van der Waals surface area contributed by atoms with Gasteiger partial charge in [0.15, 0.2) is 5.13 Å². The Morgan fingerprint density at radius 3 is 2.12 bits per heavy atom. The number of benzene rings is 1. The zero-order valence-corrected chi connectivity index (χ0v) is 20.8. The van der Waals surface area contributed by atoms with E-state index in [9.17, 15) is 24.3 Å². The number of amides is 4. The first-order chi connectivity index (χ1) is 15.9. The van der Waals surface area contributed by atoms with Crippen molar-refractivity contribution in [3.05, 3.63) is 40.4 Å². The van der Waals surface area contributed by atoms with Crippen LogP contribution in [0, 0.1) is 0 Å². The predicted octanol–water partition coefficient (Wildman–Crippen LogP) is 3.04. The van der Waals surface area contributed by atoms with Crippen molar-refractivity contribution in [3.8, 4) is 0 Å². The number of hydrogen-bond acceptors (Lipinski definition) is 6. The van der Waals surface area contributed by atoms with Crippen LogP contribution < -0.4 is 20.9 Å². The van der Waals surface area contributed by atoms with Gasteiger partial charge in [-0.2, -0.15) is 0 Å². The molecule has 34 heavy (non-hydrogen) atoms. The van der Waals surface area contributed by atoms with Gasteiger partial charge in [-0.25, -0.2) is 9.78 Å². The van der Waals surface area contributed by atoms with E-state index < -0.39 is 11.6 Å². The zero-order chi connectivity index (χ0) is 25.5. The van der Waals surface area contributed by atoms with Crippen molar-refractivity contribution in [2.75, 3.05) is 23.3 Å². The van der Waals surface area contributed by atoms with Crippen LogP contribution in [-0.2, 0) is 22.4 Å². The molecule has 0 fully saturated rings. The van der Waals surface area contributed by atoms with Crippen LogP contribution in [0.25, 0.3) is 0 Å². The normalized spacial score (nSPS) is 11.0. The van der Waals surface area contributed by atoms with Crippen LogP contribution in [0.15, 0.2) is 24.3 Å². The fourth-order valence-electron chi connectivity index (χ4n) is 3.26. The summed E-state index contributed by atoms with van der Waals surface area (Å²) in [4.78, 5) is 52.9. The number of thiazole rings is 1. The van der Waals surface area contributed by atoms with Crippen LogP contribution in [0.5, 0.6) is 0 Å². The van der Waals surface area contributed by atoms with Gasteiger partial charge in [0.05, 0.1) is 5.69 Å². The molecule has 0 saturated heterocycles. The average molecular weight is 490 g/mol. The molecule has 184 valence electrons. The molecule has 4 amide bonds. The number of carboxylic acid groups (broad SMARTS) is 1. The lowest BCUT2D eigenvalue weighted by molar-refractivity contribution is -0.119. The highest BCUT2D eigenvalue weighted by Crippen LogP contribution is 2.27. The lowest BCUT2D eigenvalue weighted by Crippen LogP contribution is -2.45. The highest BCUT2D eigenvalue weighted by atomic mass is 32.1. The molecule has 0 unspecified atom stereocenters. The number of carbonyl (C=O) groups excluding carboxylic acids is 3. The average Bonchev–Trinajstić information content (AvgIpc) is 3.11. The van der Waals surface area contributed by atoms with E-state index in [1.54, 1.807) is 12.1 Å². The predicted molar refractivity (Wildman–Crippen MR) is 132 cm³/mol. The second kappa shape index (κ2) is 11.6. The minimum absolute atomic E-state index is 0.180. The maximum Gasteiger partial charge on any atom is 0.412 e. The molecule has 2 rings (SSSR count). The summed E-state index contributed by atoms with van der Waals surface area (Å²) in [6.07, 6.45) is -0.00763. The van der Waals surface area contributed by atoms with E-state index in [4.69, 9.17) is 0 Å². The third-order valence-electron chi connectivity index (χ3n) is 4.68. The number of anilines is 2. The van der Waals surface area contributed by atoms with E-state index in [-0.39, 0.29) is 24.3 Å². The van der Waals surface area contributed by atoms with Crippen LogP contribution in [0.2, 0.25) is 0 Å². The SMILES string of the molecule is CC(=O)NCCNC(=O)c1sc(NC(C)=O)nc1CCc1ccc(N(C(=O)O)C(C)(C)C)cc1. The molecule has 11 heteroatoms. The Kier molecular flexibility index (Phi) is 9.13. The van der Waals surface area contributed by atoms with E-state index in [0.29, 0.717) is 40.8 Å². The second-order valence-electron chi connectivity index (χ2n) is 8.67. The van der Waals surface area contributed by atoms with Crippen LogP contribution in [0.4, 0.5) is 15.6 Å². The van der Waals surface area contributed by atoms with Crippen LogP contribution >= 0.6 is 11.3 Å². The minimum Gasteiger partial charge on any atom is -0.465 e. The van der Waals surface area contributed by atoms with Gasteiger partial charge in [-0.1, -0.05) is 23.5 Å². The van der Waals surface area contributed by atoms with Gasteiger partial charge in [0.2, 0.25) is 11.8 Å². The lowest BCUT2D eigenvalue weighted by Gasteiger charge is -2.33. The molecule has 0 saturated carbocycles. The van der Waals surface area contributed by atoms with E-state index in [2.05, 4.69) is 20.9 Å². The monoisotopic (exact) mass is 489 g/mol. The molecular formula is C23H31N5O5S. The van der Waals surface area contributed by atoms with Gasteiger partial charge in [-0.3, -0.25) is 19.3 Å². The summed E-state index contributed by atoms with van der Waals surface area (Å²) in [5.74, 6) is -0.789. The van der Waals surface area contributed by atoms with Crippen molar-refractivity contribution in [1.82, 2.24) is 15.6 Å². The first kappa shape index (κ1) is 26.8. The Morgan fingerprint density at radius 2 is 1.59 bits per heavy atom. The number of hydrogen-bond donors (Lipinski definition) is 4. The van der Waals surface area contributed by atoms with Gasteiger partial charge >= 0.3 is 6.09 Å².